The van der Waals surface area contributed by atoms with Crippen molar-refractivity contribution >= 4 is 18.3 Å². The second kappa shape index (κ2) is 6.12. The van der Waals surface area contributed by atoms with Gasteiger partial charge < -0.3 is 15.0 Å². The molecule has 0 radical (unpaired) electrons. The highest BCUT2D eigenvalue weighted by atomic mass is 35.5. The highest BCUT2D eigenvalue weighted by Crippen LogP contribution is 2.30. The van der Waals surface area contributed by atoms with E-state index in [0.717, 1.165) is 25.9 Å². The SMILES string of the molecule is COC1(C(=O)N2Cc3ccccc3C2)CCNCC1.Cl. The molecule has 0 saturated carbocycles. The maximum Gasteiger partial charge on any atom is 0.255 e. The molecule has 0 aromatic heterocycles. The van der Waals surface area contributed by atoms with Gasteiger partial charge in [0.25, 0.3) is 5.91 Å². The third-order valence-electron chi connectivity index (χ3n) is 4.32. The first-order chi connectivity index (χ1) is 9.25. The number of piperidine rings is 1. The molecule has 0 atom stereocenters. The summed E-state index contributed by atoms with van der Waals surface area (Å²) in [6, 6.07) is 8.27. The van der Waals surface area contributed by atoms with Crippen LogP contribution in [0.15, 0.2) is 24.3 Å². The van der Waals surface area contributed by atoms with Crippen molar-refractivity contribution in [2.45, 2.75) is 31.5 Å². The molecule has 0 bridgehead atoms. The molecule has 2 aliphatic rings. The van der Waals surface area contributed by atoms with E-state index in [-0.39, 0.29) is 18.3 Å². The van der Waals surface area contributed by atoms with Crippen molar-refractivity contribution in [2.75, 3.05) is 20.2 Å². The number of ether oxygens (including phenoxy) is 1. The summed E-state index contributed by atoms with van der Waals surface area (Å²) in [6.45, 7) is 3.13. The van der Waals surface area contributed by atoms with Gasteiger partial charge in [0.15, 0.2) is 0 Å². The normalized spacial score (nSPS) is 20.1. The number of amides is 1. The van der Waals surface area contributed by atoms with E-state index in [1.54, 1.807) is 7.11 Å². The molecular formula is C15H21ClN2O2. The van der Waals surface area contributed by atoms with Crippen LogP contribution in [0, 0.1) is 0 Å². The van der Waals surface area contributed by atoms with Gasteiger partial charge in [0.2, 0.25) is 0 Å². The summed E-state index contributed by atoms with van der Waals surface area (Å²) in [5, 5.41) is 3.29. The largest absolute Gasteiger partial charge is 0.368 e. The van der Waals surface area contributed by atoms with Gasteiger partial charge >= 0.3 is 0 Å². The van der Waals surface area contributed by atoms with E-state index in [9.17, 15) is 4.79 Å². The van der Waals surface area contributed by atoms with Crippen LogP contribution in [0.1, 0.15) is 24.0 Å². The van der Waals surface area contributed by atoms with Crippen molar-refractivity contribution in [1.29, 1.82) is 0 Å². The number of hydrogen-bond donors (Lipinski definition) is 1. The molecule has 1 N–H and O–H groups in total. The number of nitrogens with zero attached hydrogens (tertiary/aromatic N) is 1. The third kappa shape index (κ3) is 2.55. The number of carbonyl (C=O) groups is 1. The average Bonchev–Trinajstić information content (AvgIpc) is 2.91. The van der Waals surface area contributed by atoms with E-state index in [1.165, 1.54) is 11.1 Å². The standard InChI is InChI=1S/C15H20N2O2.ClH/c1-19-15(6-8-16-9-7-15)14(18)17-10-12-4-2-3-5-13(12)11-17;/h2-5,16H,6-11H2,1H3;1H. The number of hydrogen-bond acceptors (Lipinski definition) is 3. The Labute approximate surface area is 125 Å². The molecule has 1 aromatic rings. The lowest BCUT2D eigenvalue weighted by Gasteiger charge is -2.37. The topological polar surface area (TPSA) is 41.6 Å². The van der Waals surface area contributed by atoms with Gasteiger partial charge in [-0.15, -0.1) is 12.4 Å². The zero-order valence-electron chi connectivity index (χ0n) is 11.7. The number of halogens is 1. The zero-order chi connectivity index (χ0) is 13.3. The first kappa shape index (κ1) is 15.3. The number of methoxy groups -OCH3 is 1. The fourth-order valence-corrected chi connectivity index (χ4v) is 3.10. The van der Waals surface area contributed by atoms with Crippen LogP contribution >= 0.6 is 12.4 Å². The summed E-state index contributed by atoms with van der Waals surface area (Å²) in [7, 11) is 1.66. The van der Waals surface area contributed by atoms with Crippen molar-refractivity contribution < 1.29 is 9.53 Å². The van der Waals surface area contributed by atoms with Crippen LogP contribution in [0.4, 0.5) is 0 Å². The van der Waals surface area contributed by atoms with Crippen molar-refractivity contribution in [3.63, 3.8) is 0 Å². The maximum absolute atomic E-state index is 12.8. The van der Waals surface area contributed by atoms with E-state index < -0.39 is 5.60 Å². The molecule has 1 aromatic carbocycles. The molecule has 3 rings (SSSR count). The van der Waals surface area contributed by atoms with Gasteiger partial charge in [-0.25, -0.2) is 0 Å². The maximum atomic E-state index is 12.8. The molecule has 1 saturated heterocycles. The number of fused-ring (bicyclic) bond motifs is 1. The van der Waals surface area contributed by atoms with Crippen LogP contribution in [0.3, 0.4) is 0 Å². The van der Waals surface area contributed by atoms with Crippen LogP contribution in [0.25, 0.3) is 0 Å². The molecule has 0 unspecified atom stereocenters. The predicted octanol–water partition coefficient (Wildman–Crippen LogP) is 1.72. The first-order valence-corrected chi connectivity index (χ1v) is 6.87. The van der Waals surface area contributed by atoms with Gasteiger partial charge in [-0.05, 0) is 37.1 Å². The van der Waals surface area contributed by atoms with Gasteiger partial charge in [0.1, 0.15) is 5.60 Å². The smallest absolute Gasteiger partial charge is 0.255 e. The summed E-state index contributed by atoms with van der Waals surface area (Å²) < 4.78 is 5.62. The van der Waals surface area contributed by atoms with Crippen LogP contribution in [-0.2, 0) is 22.6 Å². The molecule has 0 aliphatic carbocycles. The fourth-order valence-electron chi connectivity index (χ4n) is 3.10. The number of benzene rings is 1. The van der Waals surface area contributed by atoms with E-state index in [2.05, 4.69) is 17.4 Å². The lowest BCUT2D eigenvalue weighted by molar-refractivity contribution is -0.159. The Bertz CT molecular complexity index is 462. The Morgan fingerprint density at radius 3 is 2.25 bits per heavy atom. The Kier molecular flexibility index (Phi) is 4.68. The van der Waals surface area contributed by atoms with Crippen LogP contribution in [0.2, 0.25) is 0 Å². The Balaban J connectivity index is 0.00000147. The van der Waals surface area contributed by atoms with Crippen LogP contribution in [0.5, 0.6) is 0 Å². The van der Waals surface area contributed by atoms with E-state index in [1.807, 2.05) is 17.0 Å². The number of carbonyl (C=O) groups excluding carboxylic acids is 1. The van der Waals surface area contributed by atoms with E-state index >= 15 is 0 Å². The monoisotopic (exact) mass is 296 g/mol. The molecule has 1 fully saturated rings. The average molecular weight is 297 g/mol. The molecule has 2 aliphatic heterocycles. The minimum Gasteiger partial charge on any atom is -0.368 e. The van der Waals surface area contributed by atoms with Gasteiger partial charge in [-0.1, -0.05) is 24.3 Å². The van der Waals surface area contributed by atoms with E-state index in [0.29, 0.717) is 13.1 Å². The summed E-state index contributed by atoms with van der Waals surface area (Å²) in [5.74, 6) is 0.146. The van der Waals surface area contributed by atoms with Crippen molar-refractivity contribution in [1.82, 2.24) is 10.2 Å². The fraction of sp³-hybridized carbons (Fsp3) is 0.533. The summed E-state index contributed by atoms with van der Waals surface area (Å²) in [5.41, 5.74) is 1.90. The minimum atomic E-state index is -0.618. The quantitative estimate of drug-likeness (QED) is 0.903. The highest BCUT2D eigenvalue weighted by molar-refractivity contribution is 5.86. The van der Waals surface area contributed by atoms with E-state index in [4.69, 9.17) is 4.74 Å². The first-order valence-electron chi connectivity index (χ1n) is 6.87. The molecule has 0 spiro atoms. The molecule has 1 amide bonds. The summed E-state index contributed by atoms with van der Waals surface area (Å²) in [4.78, 5) is 14.7. The Hall–Kier alpha value is -1.10. The Morgan fingerprint density at radius 1 is 1.20 bits per heavy atom. The van der Waals surface area contributed by atoms with Gasteiger partial charge in [-0.2, -0.15) is 0 Å². The molecular weight excluding hydrogens is 276 g/mol. The van der Waals surface area contributed by atoms with Crippen LogP contribution in [-0.4, -0.2) is 36.6 Å². The van der Waals surface area contributed by atoms with Crippen LogP contribution < -0.4 is 5.32 Å². The second-order valence-electron chi connectivity index (χ2n) is 5.38. The molecule has 2 heterocycles. The zero-order valence-corrected chi connectivity index (χ0v) is 12.5. The summed E-state index contributed by atoms with van der Waals surface area (Å²) in [6.07, 6.45) is 1.52. The van der Waals surface area contributed by atoms with Gasteiger partial charge in [0, 0.05) is 20.2 Å². The van der Waals surface area contributed by atoms with Gasteiger partial charge in [0.05, 0.1) is 0 Å². The predicted molar refractivity (Wildman–Crippen MR) is 79.8 cm³/mol. The third-order valence-corrected chi connectivity index (χ3v) is 4.32. The summed E-state index contributed by atoms with van der Waals surface area (Å²) >= 11 is 0. The number of nitrogens with one attached hydrogen (secondary N) is 1. The lowest BCUT2D eigenvalue weighted by atomic mass is 9.90. The Morgan fingerprint density at radius 2 is 1.75 bits per heavy atom. The molecule has 20 heavy (non-hydrogen) atoms. The molecule has 110 valence electrons. The van der Waals surface area contributed by atoms with Gasteiger partial charge in [-0.3, -0.25) is 4.79 Å². The highest BCUT2D eigenvalue weighted by Gasteiger charge is 2.43. The van der Waals surface area contributed by atoms with Crippen molar-refractivity contribution in [2.24, 2.45) is 0 Å². The lowest BCUT2D eigenvalue weighted by Crippen LogP contribution is -2.54. The molecule has 5 heteroatoms. The second-order valence-corrected chi connectivity index (χ2v) is 5.38. The number of rotatable bonds is 2. The van der Waals surface area contributed by atoms with Crippen molar-refractivity contribution in [3.8, 4) is 0 Å². The minimum absolute atomic E-state index is 0. The van der Waals surface area contributed by atoms with Crippen molar-refractivity contribution in [3.05, 3.63) is 35.4 Å². The molecule has 4 nitrogen and oxygen atoms in total.